The monoisotopic (exact) mass is 287 g/mol. The van der Waals surface area contributed by atoms with E-state index in [0.29, 0.717) is 26.2 Å². The van der Waals surface area contributed by atoms with Crippen LogP contribution in [0.25, 0.3) is 0 Å². The van der Waals surface area contributed by atoms with Gasteiger partial charge < -0.3 is 10.6 Å². The van der Waals surface area contributed by atoms with Crippen LogP contribution in [0, 0.1) is 5.82 Å². The lowest BCUT2D eigenvalue weighted by Gasteiger charge is -2.33. The standard InChI is InChI=1S/C12H18FN3O2S/c1-2-15-5-7-16(8-6-15)19(17,18)12-9-10(13)3-4-11(12)14/h3-4,9H,2,5-8,14H2,1H3. The number of hydrogen-bond acceptors (Lipinski definition) is 4. The number of hydrogen-bond donors (Lipinski definition) is 1. The minimum Gasteiger partial charge on any atom is -0.398 e. The summed E-state index contributed by atoms with van der Waals surface area (Å²) >= 11 is 0. The number of piperazine rings is 1. The van der Waals surface area contributed by atoms with Crippen LogP contribution in [0.1, 0.15) is 6.92 Å². The molecule has 0 radical (unpaired) electrons. The first-order valence-corrected chi connectivity index (χ1v) is 7.66. The van der Waals surface area contributed by atoms with Crippen LogP contribution in [0.5, 0.6) is 0 Å². The summed E-state index contributed by atoms with van der Waals surface area (Å²) < 4.78 is 39.4. The number of rotatable bonds is 3. The fourth-order valence-electron chi connectivity index (χ4n) is 2.16. The van der Waals surface area contributed by atoms with Gasteiger partial charge in [-0.1, -0.05) is 6.92 Å². The molecular weight excluding hydrogens is 269 g/mol. The van der Waals surface area contributed by atoms with Crippen LogP contribution in [0.4, 0.5) is 10.1 Å². The zero-order valence-corrected chi connectivity index (χ0v) is 11.7. The zero-order chi connectivity index (χ0) is 14.0. The van der Waals surface area contributed by atoms with E-state index in [4.69, 9.17) is 5.73 Å². The average Bonchev–Trinajstić information content (AvgIpc) is 2.41. The number of nitrogens with zero attached hydrogens (tertiary/aromatic N) is 2. The molecule has 0 amide bonds. The second-order valence-electron chi connectivity index (χ2n) is 4.52. The molecule has 0 aliphatic carbocycles. The van der Waals surface area contributed by atoms with Gasteiger partial charge in [-0.05, 0) is 24.7 Å². The summed E-state index contributed by atoms with van der Waals surface area (Å²) in [6, 6.07) is 3.42. The maximum Gasteiger partial charge on any atom is 0.245 e. The topological polar surface area (TPSA) is 66.6 Å². The minimum atomic E-state index is -3.71. The van der Waals surface area contributed by atoms with Crippen LogP contribution >= 0.6 is 0 Å². The lowest BCUT2D eigenvalue weighted by Crippen LogP contribution is -2.48. The molecule has 1 saturated heterocycles. The number of nitrogens with two attached hydrogens (primary N) is 1. The van der Waals surface area contributed by atoms with Gasteiger partial charge in [0.25, 0.3) is 0 Å². The quantitative estimate of drug-likeness (QED) is 0.833. The van der Waals surface area contributed by atoms with Gasteiger partial charge in [-0.15, -0.1) is 0 Å². The molecule has 106 valence electrons. The first-order valence-electron chi connectivity index (χ1n) is 6.22. The number of nitrogen functional groups attached to an aromatic ring is 1. The maximum absolute atomic E-state index is 13.2. The van der Waals surface area contributed by atoms with Crippen molar-refractivity contribution in [1.82, 2.24) is 9.21 Å². The van der Waals surface area contributed by atoms with E-state index in [1.165, 1.54) is 10.4 Å². The molecule has 0 saturated carbocycles. The van der Waals surface area contributed by atoms with E-state index in [2.05, 4.69) is 4.90 Å². The van der Waals surface area contributed by atoms with E-state index >= 15 is 0 Å². The highest BCUT2D eigenvalue weighted by molar-refractivity contribution is 7.89. The number of halogens is 1. The molecule has 7 heteroatoms. The molecule has 2 rings (SSSR count). The number of sulfonamides is 1. The summed E-state index contributed by atoms with van der Waals surface area (Å²) in [4.78, 5) is 2.03. The van der Waals surface area contributed by atoms with Gasteiger partial charge >= 0.3 is 0 Å². The van der Waals surface area contributed by atoms with E-state index in [-0.39, 0.29) is 10.6 Å². The van der Waals surface area contributed by atoms with Gasteiger partial charge in [0.1, 0.15) is 10.7 Å². The summed E-state index contributed by atoms with van der Waals surface area (Å²) in [6.45, 7) is 5.12. The third-order valence-electron chi connectivity index (χ3n) is 3.37. The van der Waals surface area contributed by atoms with Crippen LogP contribution in [-0.2, 0) is 10.0 Å². The summed E-state index contributed by atoms with van der Waals surface area (Å²) in [5.41, 5.74) is 5.74. The van der Waals surface area contributed by atoms with Crippen LogP contribution < -0.4 is 5.73 Å². The second-order valence-corrected chi connectivity index (χ2v) is 6.43. The van der Waals surface area contributed by atoms with Crippen LogP contribution in [-0.4, -0.2) is 50.3 Å². The van der Waals surface area contributed by atoms with Crippen molar-refractivity contribution in [3.63, 3.8) is 0 Å². The van der Waals surface area contributed by atoms with E-state index in [9.17, 15) is 12.8 Å². The molecule has 0 bridgehead atoms. The third kappa shape index (κ3) is 2.88. The first kappa shape index (κ1) is 14.2. The van der Waals surface area contributed by atoms with Gasteiger partial charge in [0, 0.05) is 26.2 Å². The van der Waals surface area contributed by atoms with Crippen LogP contribution in [0.15, 0.2) is 23.1 Å². The molecule has 0 spiro atoms. The SMILES string of the molecule is CCN1CCN(S(=O)(=O)c2cc(F)ccc2N)CC1. The highest BCUT2D eigenvalue weighted by atomic mass is 32.2. The van der Waals surface area contributed by atoms with Gasteiger partial charge in [0.05, 0.1) is 5.69 Å². The molecule has 19 heavy (non-hydrogen) atoms. The smallest absolute Gasteiger partial charge is 0.245 e. The molecule has 5 nitrogen and oxygen atoms in total. The Hall–Kier alpha value is -1.18. The van der Waals surface area contributed by atoms with E-state index < -0.39 is 15.8 Å². The Balaban J connectivity index is 2.26. The Morgan fingerprint density at radius 2 is 1.89 bits per heavy atom. The van der Waals surface area contributed by atoms with E-state index in [0.717, 1.165) is 18.7 Å². The van der Waals surface area contributed by atoms with Crippen molar-refractivity contribution in [2.24, 2.45) is 0 Å². The van der Waals surface area contributed by atoms with Gasteiger partial charge in [0.15, 0.2) is 0 Å². The summed E-state index contributed by atoms with van der Waals surface area (Å²) in [5.74, 6) is -0.597. The Bertz CT molecular complexity index is 554. The molecule has 1 aromatic carbocycles. The normalized spacial score (nSPS) is 18.6. The maximum atomic E-state index is 13.2. The molecule has 1 aromatic rings. The highest BCUT2D eigenvalue weighted by Crippen LogP contribution is 2.24. The molecule has 0 atom stereocenters. The van der Waals surface area contributed by atoms with Gasteiger partial charge in [-0.3, -0.25) is 0 Å². The molecule has 2 N–H and O–H groups in total. The Labute approximate surface area is 112 Å². The highest BCUT2D eigenvalue weighted by Gasteiger charge is 2.29. The van der Waals surface area contributed by atoms with E-state index in [1.807, 2.05) is 6.92 Å². The molecular formula is C12H18FN3O2S. The van der Waals surface area contributed by atoms with Gasteiger partial charge in [-0.25, -0.2) is 12.8 Å². The average molecular weight is 287 g/mol. The van der Waals surface area contributed by atoms with Crippen LogP contribution in [0.2, 0.25) is 0 Å². The summed E-state index contributed by atoms with van der Waals surface area (Å²) in [5, 5.41) is 0. The second kappa shape index (κ2) is 5.44. The molecule has 0 unspecified atom stereocenters. The van der Waals surface area contributed by atoms with E-state index in [1.54, 1.807) is 0 Å². The summed E-state index contributed by atoms with van der Waals surface area (Å²) in [7, 11) is -3.71. The third-order valence-corrected chi connectivity index (χ3v) is 5.33. The number of anilines is 1. The largest absolute Gasteiger partial charge is 0.398 e. The molecule has 0 aromatic heterocycles. The molecule has 1 aliphatic heterocycles. The lowest BCUT2D eigenvalue weighted by molar-refractivity contribution is 0.196. The van der Waals surface area contributed by atoms with Crippen molar-refractivity contribution < 1.29 is 12.8 Å². The van der Waals surface area contributed by atoms with Crippen molar-refractivity contribution >= 4 is 15.7 Å². The predicted octanol–water partition coefficient (Wildman–Crippen LogP) is 0.734. The fraction of sp³-hybridized carbons (Fsp3) is 0.500. The Morgan fingerprint density at radius 3 is 2.47 bits per heavy atom. The lowest BCUT2D eigenvalue weighted by atomic mass is 10.3. The van der Waals surface area contributed by atoms with Crippen molar-refractivity contribution in [2.75, 3.05) is 38.5 Å². The predicted molar refractivity (Wildman–Crippen MR) is 71.7 cm³/mol. The Kier molecular flexibility index (Phi) is 4.07. The van der Waals surface area contributed by atoms with Crippen molar-refractivity contribution in [3.8, 4) is 0 Å². The number of benzene rings is 1. The summed E-state index contributed by atoms with van der Waals surface area (Å²) in [6.07, 6.45) is 0. The van der Waals surface area contributed by atoms with Crippen molar-refractivity contribution in [3.05, 3.63) is 24.0 Å². The fourth-order valence-corrected chi connectivity index (χ4v) is 3.71. The van der Waals surface area contributed by atoms with Gasteiger partial charge in [0.2, 0.25) is 10.0 Å². The van der Waals surface area contributed by atoms with Crippen molar-refractivity contribution in [2.45, 2.75) is 11.8 Å². The van der Waals surface area contributed by atoms with Crippen molar-refractivity contribution in [1.29, 1.82) is 0 Å². The minimum absolute atomic E-state index is 0.0827. The molecule has 1 heterocycles. The van der Waals surface area contributed by atoms with Crippen LogP contribution in [0.3, 0.4) is 0 Å². The Morgan fingerprint density at radius 1 is 1.26 bits per heavy atom. The molecule has 1 fully saturated rings. The first-order chi connectivity index (χ1) is 8.95. The molecule has 1 aliphatic rings. The number of likely N-dealkylation sites (N-methyl/N-ethyl adjacent to an activating group) is 1. The van der Waals surface area contributed by atoms with Gasteiger partial charge in [-0.2, -0.15) is 4.31 Å². The zero-order valence-electron chi connectivity index (χ0n) is 10.8.